The number of hydrogen-bond donors (Lipinski definition) is 6. The number of amides is 2. The second kappa shape index (κ2) is 8.17. The third-order valence-electron chi connectivity index (χ3n) is 2.53. The van der Waals surface area contributed by atoms with E-state index in [4.69, 9.17) is 15.9 Å². The molecule has 10 nitrogen and oxygen atoms in total. The van der Waals surface area contributed by atoms with E-state index < -0.39 is 54.4 Å². The highest BCUT2D eigenvalue weighted by Crippen LogP contribution is 1.96. The van der Waals surface area contributed by atoms with Crippen LogP contribution in [-0.2, 0) is 19.2 Å². The van der Waals surface area contributed by atoms with E-state index in [1.807, 2.05) is 5.32 Å². The van der Waals surface area contributed by atoms with Gasteiger partial charge in [-0.3, -0.25) is 14.4 Å². The summed E-state index contributed by atoms with van der Waals surface area (Å²) in [6, 6.07) is -3.99. The van der Waals surface area contributed by atoms with Gasteiger partial charge in [-0.05, 0) is 13.8 Å². The minimum absolute atomic E-state index is 0.606. The molecule has 120 valence electrons. The molecule has 10 heteroatoms. The first-order valence-corrected chi connectivity index (χ1v) is 6.05. The van der Waals surface area contributed by atoms with Gasteiger partial charge in [0.05, 0.1) is 18.6 Å². The largest absolute Gasteiger partial charge is 0.481 e. The van der Waals surface area contributed by atoms with Crippen molar-refractivity contribution in [1.82, 2.24) is 10.6 Å². The van der Waals surface area contributed by atoms with Gasteiger partial charge in [-0.15, -0.1) is 0 Å². The molecule has 2 amide bonds. The number of aliphatic hydroxyl groups is 1. The van der Waals surface area contributed by atoms with Crippen LogP contribution in [0.25, 0.3) is 0 Å². The van der Waals surface area contributed by atoms with Gasteiger partial charge in [-0.25, -0.2) is 4.79 Å². The lowest BCUT2D eigenvalue weighted by Crippen LogP contribution is -2.55. The Bertz CT molecular complexity index is 424. The molecule has 7 N–H and O–H groups in total. The van der Waals surface area contributed by atoms with Crippen molar-refractivity contribution in [1.29, 1.82) is 0 Å². The van der Waals surface area contributed by atoms with Crippen LogP contribution in [0, 0.1) is 0 Å². The van der Waals surface area contributed by atoms with Crippen molar-refractivity contribution in [2.45, 2.75) is 44.5 Å². The van der Waals surface area contributed by atoms with E-state index in [1.54, 1.807) is 0 Å². The van der Waals surface area contributed by atoms with E-state index >= 15 is 0 Å². The molecule has 0 aromatic rings. The average molecular weight is 305 g/mol. The summed E-state index contributed by atoms with van der Waals surface area (Å²) in [6.45, 7) is 2.45. The Kier molecular flexibility index (Phi) is 7.31. The van der Waals surface area contributed by atoms with Crippen molar-refractivity contribution in [3.05, 3.63) is 0 Å². The maximum atomic E-state index is 11.7. The predicted octanol–water partition coefficient (Wildman–Crippen LogP) is -2.76. The summed E-state index contributed by atoms with van der Waals surface area (Å²) in [5.74, 6) is -4.41. The van der Waals surface area contributed by atoms with Crippen molar-refractivity contribution in [3.8, 4) is 0 Å². The number of carbonyl (C=O) groups excluding carboxylic acids is 2. The normalized spacial score (nSPS) is 16.2. The summed E-state index contributed by atoms with van der Waals surface area (Å²) in [5.41, 5.74) is 5.31. The summed E-state index contributed by atoms with van der Waals surface area (Å²) in [6.07, 6.45) is -1.94. The SMILES string of the molecule is C[C@H](NC(=O)[C@@H](N)CC(=O)O)C(=O)N[C@H](C(=O)O)[C@@H](C)O. The van der Waals surface area contributed by atoms with Crippen molar-refractivity contribution in [3.63, 3.8) is 0 Å². The van der Waals surface area contributed by atoms with Gasteiger partial charge in [0.2, 0.25) is 11.8 Å². The lowest BCUT2D eigenvalue weighted by atomic mass is 10.1. The molecule has 0 aromatic carbocycles. The molecule has 0 fully saturated rings. The first-order valence-electron chi connectivity index (χ1n) is 6.05. The molecule has 0 saturated heterocycles. The lowest BCUT2D eigenvalue weighted by molar-refractivity contribution is -0.145. The van der Waals surface area contributed by atoms with E-state index in [0.717, 1.165) is 0 Å². The van der Waals surface area contributed by atoms with Crippen molar-refractivity contribution >= 4 is 23.8 Å². The number of rotatable bonds is 8. The molecule has 0 aliphatic heterocycles. The smallest absolute Gasteiger partial charge is 0.328 e. The Balaban J connectivity index is 4.54. The van der Waals surface area contributed by atoms with Crippen molar-refractivity contribution < 1.29 is 34.5 Å². The lowest BCUT2D eigenvalue weighted by Gasteiger charge is -2.21. The molecule has 0 rings (SSSR count). The van der Waals surface area contributed by atoms with Crippen LogP contribution in [0.1, 0.15) is 20.3 Å². The van der Waals surface area contributed by atoms with Gasteiger partial charge in [0.25, 0.3) is 0 Å². The van der Waals surface area contributed by atoms with Gasteiger partial charge >= 0.3 is 11.9 Å². The maximum Gasteiger partial charge on any atom is 0.328 e. The monoisotopic (exact) mass is 305 g/mol. The van der Waals surface area contributed by atoms with Crippen LogP contribution in [0.4, 0.5) is 0 Å². The molecule has 0 unspecified atom stereocenters. The van der Waals surface area contributed by atoms with E-state index in [9.17, 15) is 24.3 Å². The molecule has 0 aliphatic carbocycles. The van der Waals surface area contributed by atoms with Crippen LogP contribution >= 0.6 is 0 Å². The summed E-state index contributed by atoms with van der Waals surface area (Å²) in [7, 11) is 0. The fourth-order valence-corrected chi connectivity index (χ4v) is 1.33. The highest BCUT2D eigenvalue weighted by atomic mass is 16.4. The fraction of sp³-hybridized carbons (Fsp3) is 0.636. The highest BCUT2D eigenvalue weighted by Gasteiger charge is 2.28. The van der Waals surface area contributed by atoms with Crippen LogP contribution in [-0.4, -0.2) is 63.3 Å². The summed E-state index contributed by atoms with van der Waals surface area (Å²) >= 11 is 0. The standard InChI is InChI=1S/C11H19N3O7/c1-4(13-10(19)6(12)3-7(16)17)9(18)14-8(5(2)15)11(20)21/h4-6,8,15H,3,12H2,1-2H3,(H,13,19)(H,14,18)(H,16,17)(H,20,21)/t4-,5+,6-,8-/m0/s1. The second-order valence-electron chi connectivity index (χ2n) is 4.50. The number of carbonyl (C=O) groups is 4. The molecule has 0 radical (unpaired) electrons. The van der Waals surface area contributed by atoms with E-state index in [2.05, 4.69) is 5.32 Å². The molecule has 0 heterocycles. The van der Waals surface area contributed by atoms with Gasteiger partial charge in [0.1, 0.15) is 6.04 Å². The topological polar surface area (TPSA) is 179 Å². The molecule has 0 saturated carbocycles. The molecule has 21 heavy (non-hydrogen) atoms. The molecular formula is C11H19N3O7. The molecule has 4 atom stereocenters. The number of aliphatic carboxylic acids is 2. The van der Waals surface area contributed by atoms with Crippen molar-refractivity contribution in [2.75, 3.05) is 0 Å². The van der Waals surface area contributed by atoms with Crippen LogP contribution in [0.2, 0.25) is 0 Å². The molecular weight excluding hydrogens is 286 g/mol. The number of nitrogens with one attached hydrogen (secondary N) is 2. The third-order valence-corrected chi connectivity index (χ3v) is 2.53. The fourth-order valence-electron chi connectivity index (χ4n) is 1.33. The Hall–Kier alpha value is -2.20. The average Bonchev–Trinajstić information content (AvgIpc) is 2.33. The summed E-state index contributed by atoms with van der Waals surface area (Å²) in [5, 5.41) is 30.7. The zero-order valence-corrected chi connectivity index (χ0v) is 11.6. The number of hydrogen-bond acceptors (Lipinski definition) is 6. The van der Waals surface area contributed by atoms with Gasteiger partial charge in [0, 0.05) is 0 Å². The first-order chi connectivity index (χ1) is 9.56. The minimum atomic E-state index is -1.52. The quantitative estimate of drug-likeness (QED) is 0.279. The highest BCUT2D eigenvalue weighted by molar-refractivity contribution is 5.92. The Labute approximate surface area is 120 Å². The molecule has 0 bridgehead atoms. The van der Waals surface area contributed by atoms with Crippen molar-refractivity contribution in [2.24, 2.45) is 5.73 Å². The maximum absolute atomic E-state index is 11.7. The van der Waals surface area contributed by atoms with Crippen LogP contribution in [0.15, 0.2) is 0 Å². The van der Waals surface area contributed by atoms with E-state index in [0.29, 0.717) is 0 Å². The van der Waals surface area contributed by atoms with Crippen LogP contribution < -0.4 is 16.4 Å². The molecule has 0 aromatic heterocycles. The minimum Gasteiger partial charge on any atom is -0.481 e. The first kappa shape index (κ1) is 18.8. The number of carboxylic acid groups (broad SMARTS) is 2. The zero-order chi connectivity index (χ0) is 16.7. The van der Waals surface area contributed by atoms with Crippen LogP contribution in [0.3, 0.4) is 0 Å². The molecule has 0 aliphatic rings. The van der Waals surface area contributed by atoms with E-state index in [1.165, 1.54) is 13.8 Å². The number of nitrogens with two attached hydrogens (primary N) is 1. The Morgan fingerprint density at radius 1 is 1.05 bits per heavy atom. The summed E-state index contributed by atoms with van der Waals surface area (Å²) < 4.78 is 0. The van der Waals surface area contributed by atoms with Gasteiger partial charge in [-0.1, -0.05) is 0 Å². The number of aliphatic hydroxyl groups excluding tert-OH is 1. The molecule has 0 spiro atoms. The van der Waals surface area contributed by atoms with Crippen LogP contribution in [0.5, 0.6) is 0 Å². The summed E-state index contributed by atoms with van der Waals surface area (Å²) in [4.78, 5) is 44.4. The number of carboxylic acids is 2. The predicted molar refractivity (Wildman–Crippen MR) is 69.1 cm³/mol. The Morgan fingerprint density at radius 3 is 1.95 bits per heavy atom. The van der Waals surface area contributed by atoms with Gasteiger partial charge in [-0.2, -0.15) is 0 Å². The zero-order valence-electron chi connectivity index (χ0n) is 11.6. The Morgan fingerprint density at radius 2 is 1.57 bits per heavy atom. The van der Waals surface area contributed by atoms with E-state index in [-0.39, 0.29) is 0 Å². The van der Waals surface area contributed by atoms with Gasteiger partial charge in [0.15, 0.2) is 6.04 Å². The third kappa shape index (κ3) is 6.68. The van der Waals surface area contributed by atoms with Gasteiger partial charge < -0.3 is 31.7 Å². The second-order valence-corrected chi connectivity index (χ2v) is 4.50.